The molecule has 0 saturated heterocycles. The third-order valence-corrected chi connectivity index (χ3v) is 0. The van der Waals surface area contributed by atoms with Gasteiger partial charge >= 0.3 is 0 Å². The zero-order chi connectivity index (χ0) is 3.58. The second kappa shape index (κ2) is 4.88. The van der Waals surface area contributed by atoms with Gasteiger partial charge in [-0.1, -0.05) is 0 Å². The zero-order valence-corrected chi connectivity index (χ0v) is 6.29. The molecule has 0 amide bonds. The Hall–Kier alpha value is 0.880. The van der Waals surface area contributed by atoms with Crippen LogP contribution in [0.15, 0.2) is 0 Å². The van der Waals surface area contributed by atoms with Gasteiger partial charge in [0.15, 0.2) is 0 Å². The van der Waals surface area contributed by atoms with Crippen molar-refractivity contribution in [1.82, 2.24) is 0 Å². The molecule has 0 atom stereocenters. The predicted octanol–water partition coefficient (Wildman–Crippen LogP) is -3.05. The molecule has 0 aliphatic carbocycles. The van der Waals surface area contributed by atoms with Gasteiger partial charge < -0.3 is 24.0 Å². The summed E-state index contributed by atoms with van der Waals surface area (Å²) in [4.78, 5) is 0. The summed E-state index contributed by atoms with van der Waals surface area (Å²) in [6.07, 6.45) is 3.35. The number of halogens is 1. The Balaban J connectivity index is 0. The van der Waals surface area contributed by atoms with E-state index in [0.717, 1.165) is 0 Å². The molecule has 0 aromatic carbocycles. The molecule has 0 spiro atoms. The van der Waals surface area contributed by atoms with Gasteiger partial charge in [0.2, 0.25) is 0 Å². The van der Waals surface area contributed by atoms with E-state index < -0.39 is 10.8 Å². The van der Waals surface area contributed by atoms with Crippen LogP contribution in [0.1, 0.15) is 0 Å². The fourth-order valence-electron chi connectivity index (χ4n) is 0. The molecule has 0 saturated carbocycles. The van der Waals surface area contributed by atoms with Crippen molar-refractivity contribution in [3.05, 3.63) is 0 Å². The highest BCUT2D eigenvalue weighted by Gasteiger charge is 1.65. The summed E-state index contributed by atoms with van der Waals surface area (Å²) >= 11 is 0. The highest BCUT2D eigenvalue weighted by Crippen LogP contribution is 1.49. The first-order valence-electron chi connectivity index (χ1n) is 1.08. The largest absolute Gasteiger partial charge is 1.00 e. The molecule has 0 N–H and O–H groups in total. The van der Waals surface area contributed by atoms with Gasteiger partial charge in [-0.05, 0) is 0 Å². The van der Waals surface area contributed by atoms with Gasteiger partial charge in [-0.15, -0.1) is 4.21 Å². The second-order valence-electron chi connectivity index (χ2n) is 0.812. The van der Waals surface area contributed by atoms with Crippen LogP contribution in [0.5, 0.6) is 0 Å². The quantitative estimate of drug-likeness (QED) is 0.234. The zero-order valence-electron chi connectivity index (χ0n) is 3.23. The van der Waals surface area contributed by atoms with Gasteiger partial charge in [-0.3, -0.25) is 0 Å². The Labute approximate surface area is 51.6 Å². The minimum Gasteiger partial charge on any atom is -1.00 e. The molecule has 3 heteroatoms. The molecule has 0 aromatic rings. The molecule has 0 aliphatic rings. The molecule has 0 aromatic heterocycles. The van der Waals surface area contributed by atoms with Crippen molar-refractivity contribution in [2.75, 3.05) is 12.5 Å². The maximum Gasteiger partial charge on any atom is 0.0991 e. The van der Waals surface area contributed by atoms with Gasteiger partial charge in [-0.25, -0.2) is 0 Å². The molecular weight excluding hydrogens is 199 g/mol. The van der Waals surface area contributed by atoms with Crippen molar-refractivity contribution in [3.8, 4) is 0 Å². The van der Waals surface area contributed by atoms with Crippen LogP contribution in [0, 0.1) is 0 Å². The van der Waals surface area contributed by atoms with E-state index in [1.54, 1.807) is 12.5 Å². The van der Waals surface area contributed by atoms with Crippen LogP contribution in [-0.2, 0) is 15.0 Å². The van der Waals surface area contributed by atoms with Crippen LogP contribution in [-0.4, -0.2) is 12.5 Å². The fourth-order valence-corrected chi connectivity index (χ4v) is 0. The number of hydrogen-bond donors (Lipinski definition) is 0. The minimum absolute atomic E-state index is 0. The van der Waals surface area contributed by atoms with E-state index in [0.29, 0.717) is 0 Å². The summed E-state index contributed by atoms with van der Waals surface area (Å²) in [5.41, 5.74) is 0. The molecule has 5 heavy (non-hydrogen) atoms. The van der Waals surface area contributed by atoms with Crippen LogP contribution in [0.4, 0.5) is 0 Å². The first kappa shape index (κ1) is 9.30. The lowest BCUT2D eigenvalue weighted by Crippen LogP contribution is -3.00. The maximum atomic E-state index is 9.59. The van der Waals surface area contributed by atoms with E-state index >= 15 is 0 Å². The lowest BCUT2D eigenvalue weighted by Gasteiger charge is -1.52. The topological polar surface area (TPSA) is 17.1 Å². The van der Waals surface area contributed by atoms with Crippen molar-refractivity contribution in [2.24, 2.45) is 0 Å². The van der Waals surface area contributed by atoms with E-state index in [9.17, 15) is 4.21 Å². The van der Waals surface area contributed by atoms with Gasteiger partial charge in [-0.2, -0.15) is 0 Å². The summed E-state index contributed by atoms with van der Waals surface area (Å²) in [5, 5.41) is 0. The van der Waals surface area contributed by atoms with Gasteiger partial charge in [0.25, 0.3) is 0 Å². The van der Waals surface area contributed by atoms with Gasteiger partial charge in [0.05, 0.1) is 23.3 Å². The van der Waals surface area contributed by atoms with E-state index in [4.69, 9.17) is 0 Å². The van der Waals surface area contributed by atoms with Crippen LogP contribution in [0.3, 0.4) is 0 Å². The molecule has 1 nitrogen and oxygen atoms in total. The molecule has 0 aliphatic heterocycles. The van der Waals surface area contributed by atoms with Crippen LogP contribution >= 0.6 is 0 Å². The molecule has 0 unspecified atom stereocenters. The Morgan fingerprint density at radius 2 is 1.40 bits per heavy atom. The standard InChI is InChI=1S/C2H6OS.HI/c1-4(2)3;/h1-2H3;1H. The molecule has 0 fully saturated rings. The molecule has 0 rings (SSSR count). The third kappa shape index (κ3) is 52.3. The molecular formula is C2H7IOS. The highest BCUT2D eigenvalue weighted by molar-refractivity contribution is 7.83. The van der Waals surface area contributed by atoms with Crippen LogP contribution < -0.4 is 24.0 Å². The minimum atomic E-state index is -0.870. The fraction of sp³-hybridized carbons (Fsp3) is 1.00. The molecule has 0 bridgehead atoms. The van der Waals surface area contributed by atoms with E-state index in [-0.39, 0.29) is 24.0 Å². The SMILES string of the molecule is C[SH+](C)=O.[I-]. The molecule has 34 valence electrons. The van der Waals surface area contributed by atoms with E-state index in [1.807, 2.05) is 0 Å². The van der Waals surface area contributed by atoms with Crippen molar-refractivity contribution in [3.63, 3.8) is 0 Å². The van der Waals surface area contributed by atoms with Crippen molar-refractivity contribution in [2.45, 2.75) is 0 Å². The average molecular weight is 206 g/mol. The maximum absolute atomic E-state index is 9.59. The lowest BCUT2D eigenvalue weighted by atomic mass is 11.9. The molecule has 0 radical (unpaired) electrons. The summed E-state index contributed by atoms with van der Waals surface area (Å²) in [6, 6.07) is 0. The summed E-state index contributed by atoms with van der Waals surface area (Å²) < 4.78 is 9.59. The molecule has 0 heterocycles. The Kier molecular flexibility index (Phi) is 9.08. The first-order valence-corrected chi connectivity index (χ1v) is 3.23. The smallest absolute Gasteiger partial charge is 0.0991 e. The normalized spacial score (nSPS) is 7.00. The van der Waals surface area contributed by atoms with E-state index in [1.165, 1.54) is 0 Å². The Bertz CT molecular complexity index is 32.6. The average Bonchev–Trinajstić information content (AvgIpc) is 0.811. The predicted molar refractivity (Wildman–Crippen MR) is 21.3 cm³/mol. The number of rotatable bonds is 0. The number of thiol groups is 1. The monoisotopic (exact) mass is 206 g/mol. The van der Waals surface area contributed by atoms with Gasteiger partial charge in [0, 0.05) is 0 Å². The van der Waals surface area contributed by atoms with Crippen molar-refractivity contribution < 1.29 is 28.2 Å². The Morgan fingerprint density at radius 3 is 1.40 bits per heavy atom. The first-order chi connectivity index (χ1) is 1.73. The van der Waals surface area contributed by atoms with Crippen LogP contribution in [0.2, 0.25) is 0 Å². The summed E-state index contributed by atoms with van der Waals surface area (Å²) in [7, 11) is -0.870. The number of hydrogen-bond acceptors (Lipinski definition) is 1. The van der Waals surface area contributed by atoms with E-state index in [2.05, 4.69) is 0 Å². The lowest BCUT2D eigenvalue weighted by molar-refractivity contribution is -0.00000228. The summed E-state index contributed by atoms with van der Waals surface area (Å²) in [6.45, 7) is 0. The Morgan fingerprint density at radius 1 is 1.40 bits per heavy atom. The van der Waals surface area contributed by atoms with Gasteiger partial charge in [0.1, 0.15) is 0 Å². The van der Waals surface area contributed by atoms with Crippen LogP contribution in [0.25, 0.3) is 0 Å². The highest BCUT2D eigenvalue weighted by atomic mass is 127. The second-order valence-corrected chi connectivity index (χ2v) is 2.44. The van der Waals surface area contributed by atoms with Crippen molar-refractivity contribution >= 4 is 10.8 Å². The summed E-state index contributed by atoms with van der Waals surface area (Å²) in [5.74, 6) is 0. The third-order valence-electron chi connectivity index (χ3n) is 0. The van der Waals surface area contributed by atoms with Crippen molar-refractivity contribution in [1.29, 1.82) is 0 Å².